The van der Waals surface area contributed by atoms with Gasteiger partial charge >= 0.3 is 0 Å². The quantitative estimate of drug-likeness (QED) is 0.790. The predicted octanol–water partition coefficient (Wildman–Crippen LogP) is 1.07. The predicted molar refractivity (Wildman–Crippen MR) is 57.7 cm³/mol. The van der Waals surface area contributed by atoms with Crippen molar-refractivity contribution < 1.29 is 42.6 Å². The molecule has 0 aromatic carbocycles. The number of Topliss-reactive ketones (excluding diaryl/α,β-unsaturated/α-hetero) is 1. The molecule has 0 amide bonds. The number of likely N-dealkylation sites (tertiary alicyclic amines) is 1. The van der Waals surface area contributed by atoms with E-state index in [1.807, 2.05) is 0 Å². The van der Waals surface area contributed by atoms with E-state index in [0.717, 1.165) is 32.5 Å². The SMILES string of the molecule is [CH2-]C.[CH2-]C(=O)CCN1CCC(O)CC1.[Y]. The second kappa shape index (κ2) is 11.1. The van der Waals surface area contributed by atoms with Crippen molar-refractivity contribution >= 4 is 5.78 Å². The Labute approximate surface area is 118 Å². The van der Waals surface area contributed by atoms with Crippen LogP contribution in [0.4, 0.5) is 0 Å². The number of aliphatic hydroxyl groups is 1. The number of hydrogen-bond donors (Lipinski definition) is 1. The van der Waals surface area contributed by atoms with Crippen LogP contribution in [0.1, 0.15) is 26.2 Å². The fourth-order valence-electron chi connectivity index (χ4n) is 1.43. The molecule has 0 atom stereocenters. The molecule has 0 bridgehead atoms. The Morgan fingerprint density at radius 1 is 1.40 bits per heavy atom. The van der Waals surface area contributed by atoms with Crippen molar-refractivity contribution in [3.8, 4) is 0 Å². The number of carbonyl (C=O) groups is 1. The third kappa shape index (κ3) is 9.49. The van der Waals surface area contributed by atoms with Gasteiger partial charge in [-0.15, -0.1) is 0 Å². The van der Waals surface area contributed by atoms with Crippen LogP contribution in [0.3, 0.4) is 0 Å². The molecule has 15 heavy (non-hydrogen) atoms. The standard InChI is InChI=1S/C9H16NO2.C2H5.Y/c1-8(11)2-5-10-6-3-9(12)4-7-10;1-2;/h9,12H,1-7H2;1H2,2H3;/q2*-1;. The fraction of sp³-hybridized carbons (Fsp3) is 0.727. The first-order chi connectivity index (χ1) is 6.68. The Morgan fingerprint density at radius 3 is 2.27 bits per heavy atom. The van der Waals surface area contributed by atoms with Crippen LogP contribution >= 0.6 is 0 Å². The summed E-state index contributed by atoms with van der Waals surface area (Å²) >= 11 is 0. The van der Waals surface area contributed by atoms with Crippen molar-refractivity contribution in [2.75, 3.05) is 19.6 Å². The fourth-order valence-corrected chi connectivity index (χ4v) is 1.43. The number of piperidine rings is 1. The van der Waals surface area contributed by atoms with E-state index in [2.05, 4.69) is 18.7 Å². The number of nitrogens with zero attached hydrogens (tertiary/aromatic N) is 1. The van der Waals surface area contributed by atoms with E-state index >= 15 is 0 Å². The van der Waals surface area contributed by atoms with Crippen LogP contribution in [0.2, 0.25) is 0 Å². The topological polar surface area (TPSA) is 40.5 Å². The van der Waals surface area contributed by atoms with Crippen LogP contribution in [0, 0.1) is 13.8 Å². The van der Waals surface area contributed by atoms with Crippen LogP contribution in [-0.2, 0) is 37.5 Å². The van der Waals surface area contributed by atoms with Gasteiger partial charge in [0.05, 0.1) is 6.10 Å². The Bertz CT molecular complexity index is 157. The maximum Gasteiger partial charge on any atom is 0.0564 e. The summed E-state index contributed by atoms with van der Waals surface area (Å²) in [4.78, 5) is 12.8. The molecule has 1 heterocycles. The molecule has 1 aliphatic rings. The number of hydrogen-bond acceptors (Lipinski definition) is 3. The summed E-state index contributed by atoms with van der Waals surface area (Å²) in [6, 6.07) is 0. The van der Waals surface area contributed by atoms with Crippen molar-refractivity contribution in [2.45, 2.75) is 32.3 Å². The van der Waals surface area contributed by atoms with Crippen molar-refractivity contribution in [2.24, 2.45) is 0 Å². The maximum atomic E-state index is 10.6. The molecule has 0 aromatic heterocycles. The minimum Gasteiger partial charge on any atom is -0.393 e. The zero-order valence-electron chi connectivity index (χ0n) is 9.61. The summed E-state index contributed by atoms with van der Waals surface area (Å²) in [6.07, 6.45) is 2.09. The van der Waals surface area contributed by atoms with Gasteiger partial charge in [-0.05, 0) is 25.0 Å². The number of rotatable bonds is 3. The van der Waals surface area contributed by atoms with E-state index in [1.54, 1.807) is 6.92 Å². The normalized spacial score (nSPS) is 17.3. The molecule has 0 aliphatic carbocycles. The van der Waals surface area contributed by atoms with E-state index in [0.29, 0.717) is 6.42 Å². The number of carbonyl (C=O) groups excluding carboxylic acids is 1. The van der Waals surface area contributed by atoms with Crippen LogP contribution < -0.4 is 0 Å². The molecule has 1 fully saturated rings. The summed E-state index contributed by atoms with van der Waals surface area (Å²) < 4.78 is 0. The van der Waals surface area contributed by atoms with Crippen molar-refractivity contribution in [3.63, 3.8) is 0 Å². The van der Waals surface area contributed by atoms with Gasteiger partial charge in [0.25, 0.3) is 0 Å². The van der Waals surface area contributed by atoms with Crippen LogP contribution in [0.15, 0.2) is 0 Å². The summed E-state index contributed by atoms with van der Waals surface area (Å²) in [5.74, 6) is 0.00104. The van der Waals surface area contributed by atoms with Crippen molar-refractivity contribution in [1.29, 1.82) is 0 Å². The molecule has 1 rings (SSSR count). The molecule has 0 unspecified atom stereocenters. The number of aliphatic hydroxyl groups excluding tert-OH is 1. The molecule has 1 N–H and O–H groups in total. The Morgan fingerprint density at radius 2 is 1.87 bits per heavy atom. The minimum atomic E-state index is -0.128. The molecular weight excluding hydrogens is 267 g/mol. The van der Waals surface area contributed by atoms with Crippen LogP contribution in [0.5, 0.6) is 0 Å². The third-order valence-electron chi connectivity index (χ3n) is 2.26. The second-order valence-electron chi connectivity index (χ2n) is 3.36. The monoisotopic (exact) mass is 288 g/mol. The molecule has 3 nitrogen and oxygen atoms in total. The summed E-state index contributed by atoms with van der Waals surface area (Å²) in [6.45, 7) is 10.9. The van der Waals surface area contributed by atoms with Crippen LogP contribution in [0.25, 0.3) is 0 Å². The molecule has 0 spiro atoms. The zero-order chi connectivity index (χ0) is 11.0. The zero-order valence-corrected chi connectivity index (χ0v) is 12.5. The first-order valence-corrected chi connectivity index (χ1v) is 5.14. The summed E-state index contributed by atoms with van der Waals surface area (Å²) in [7, 11) is 0. The molecule has 4 heteroatoms. The van der Waals surface area contributed by atoms with E-state index in [9.17, 15) is 9.90 Å². The van der Waals surface area contributed by atoms with Gasteiger partial charge in [0.2, 0.25) is 0 Å². The third-order valence-corrected chi connectivity index (χ3v) is 2.26. The molecule has 1 radical (unpaired) electrons. The summed E-state index contributed by atoms with van der Waals surface area (Å²) in [5.41, 5.74) is 0. The second-order valence-corrected chi connectivity index (χ2v) is 3.36. The van der Waals surface area contributed by atoms with Gasteiger partial charge < -0.3 is 28.6 Å². The average molecular weight is 288 g/mol. The first kappa shape index (κ1) is 17.9. The van der Waals surface area contributed by atoms with Gasteiger partial charge in [0.15, 0.2) is 0 Å². The molecule has 0 saturated carbocycles. The largest absolute Gasteiger partial charge is 0.393 e. The van der Waals surface area contributed by atoms with Crippen molar-refractivity contribution in [1.82, 2.24) is 4.90 Å². The molecule has 1 saturated heterocycles. The van der Waals surface area contributed by atoms with Gasteiger partial charge in [0, 0.05) is 52.3 Å². The van der Waals surface area contributed by atoms with E-state index in [-0.39, 0.29) is 44.6 Å². The summed E-state index contributed by atoms with van der Waals surface area (Å²) in [5, 5.41) is 9.20. The van der Waals surface area contributed by atoms with E-state index in [1.165, 1.54) is 0 Å². The van der Waals surface area contributed by atoms with E-state index < -0.39 is 0 Å². The Balaban J connectivity index is 0. The van der Waals surface area contributed by atoms with Gasteiger partial charge in [-0.3, -0.25) is 0 Å². The smallest absolute Gasteiger partial charge is 0.0564 e. The maximum absolute atomic E-state index is 10.6. The first-order valence-electron chi connectivity index (χ1n) is 5.14. The molecular formula is C11H21NO2Y-2. The van der Waals surface area contributed by atoms with Gasteiger partial charge in [-0.1, -0.05) is 0 Å². The Kier molecular flexibility index (Phi) is 13.2. The average Bonchev–Trinajstić information content (AvgIpc) is 2.20. The van der Waals surface area contributed by atoms with Gasteiger partial charge in [0.1, 0.15) is 0 Å². The minimum absolute atomic E-state index is 0. The molecule has 87 valence electrons. The van der Waals surface area contributed by atoms with Gasteiger partial charge in [-0.25, -0.2) is 0 Å². The van der Waals surface area contributed by atoms with Crippen molar-refractivity contribution in [3.05, 3.63) is 13.8 Å². The molecule has 1 aliphatic heterocycles. The van der Waals surface area contributed by atoms with E-state index in [4.69, 9.17) is 0 Å². The van der Waals surface area contributed by atoms with Gasteiger partial charge in [-0.2, -0.15) is 6.92 Å². The Hall–Kier alpha value is 0.564. The number of ketones is 1. The van der Waals surface area contributed by atoms with Crippen LogP contribution in [-0.4, -0.2) is 41.5 Å². The molecule has 0 aromatic rings.